The van der Waals surface area contributed by atoms with Crippen LogP contribution in [0.25, 0.3) is 0 Å². The molecule has 0 saturated carbocycles. The minimum Gasteiger partial charge on any atom is -0.545 e. The van der Waals surface area contributed by atoms with Crippen LogP contribution in [0.1, 0.15) is 12.8 Å². The fourth-order valence-electron chi connectivity index (χ4n) is 1.48. The second kappa shape index (κ2) is 2.80. The lowest BCUT2D eigenvalue weighted by Gasteiger charge is -2.12. The van der Waals surface area contributed by atoms with Crippen molar-refractivity contribution < 1.29 is 24.2 Å². The Morgan fingerprint density at radius 2 is 2.00 bits per heavy atom. The van der Waals surface area contributed by atoms with Gasteiger partial charge in [0.25, 0.3) is 0 Å². The van der Waals surface area contributed by atoms with Gasteiger partial charge in [-0.05, 0) is 24.5 Å². The Labute approximate surface area is 78.7 Å². The monoisotopic (exact) mass is 193 g/mol. The Morgan fingerprint density at radius 3 is 2.64 bits per heavy atom. The van der Waals surface area contributed by atoms with E-state index in [0.29, 0.717) is 0 Å². The van der Waals surface area contributed by atoms with E-state index in [1.54, 1.807) is 0 Å². The molecule has 0 aromatic carbocycles. The number of carbonyl (C=O) groups is 3. The number of ether oxygens (including phenoxy) is 1. The lowest BCUT2D eigenvalue weighted by atomic mass is 9.94. The van der Waals surface area contributed by atoms with E-state index in [9.17, 15) is 19.5 Å². The number of carboxylic acids is 1. The van der Waals surface area contributed by atoms with Crippen molar-refractivity contribution >= 4 is 17.9 Å². The summed E-state index contributed by atoms with van der Waals surface area (Å²) in [6.07, 6.45) is 1.57. The van der Waals surface area contributed by atoms with Gasteiger partial charge in [0.1, 0.15) is 0 Å². The number of carboxylic acid groups (broad SMARTS) is 1. The summed E-state index contributed by atoms with van der Waals surface area (Å²) < 4.78 is 4.33. The summed E-state index contributed by atoms with van der Waals surface area (Å²) in [4.78, 5) is 32.5. The number of cyclic esters (lactones) is 2. The van der Waals surface area contributed by atoms with Crippen LogP contribution in [-0.4, -0.2) is 17.9 Å². The second-order valence-corrected chi connectivity index (χ2v) is 3.03. The van der Waals surface area contributed by atoms with Crippen molar-refractivity contribution in [1.29, 1.82) is 0 Å². The maximum atomic E-state index is 11.0. The van der Waals surface area contributed by atoms with Crippen molar-refractivity contribution in [2.24, 2.45) is 0 Å². The van der Waals surface area contributed by atoms with Crippen LogP contribution in [0.4, 0.5) is 0 Å². The van der Waals surface area contributed by atoms with E-state index >= 15 is 0 Å². The average molecular weight is 193 g/mol. The molecule has 14 heavy (non-hydrogen) atoms. The third kappa shape index (κ3) is 1.14. The molecule has 0 fully saturated rings. The summed E-state index contributed by atoms with van der Waals surface area (Å²) in [6, 6.07) is 0. The summed E-state index contributed by atoms with van der Waals surface area (Å²) >= 11 is 0. The van der Waals surface area contributed by atoms with Gasteiger partial charge in [-0.15, -0.1) is 0 Å². The topological polar surface area (TPSA) is 83.5 Å². The molecule has 0 atom stereocenters. The Morgan fingerprint density at radius 1 is 1.29 bits per heavy atom. The second-order valence-electron chi connectivity index (χ2n) is 3.03. The average Bonchev–Trinajstić information content (AvgIpc) is 2.42. The van der Waals surface area contributed by atoms with Crippen molar-refractivity contribution in [1.82, 2.24) is 0 Å². The minimum absolute atomic E-state index is 0.0235. The Kier molecular flexibility index (Phi) is 1.73. The SMILES string of the molecule is O=C([O-])C1=CC2=C(CC1)C(=O)OC2=O. The molecule has 5 nitrogen and oxygen atoms in total. The van der Waals surface area contributed by atoms with Crippen LogP contribution in [0, 0.1) is 0 Å². The predicted octanol–water partition coefficient (Wildman–Crippen LogP) is -1.16. The molecule has 0 bridgehead atoms. The molecule has 0 aromatic rings. The normalized spacial score (nSPS) is 20.4. The van der Waals surface area contributed by atoms with E-state index in [1.165, 1.54) is 0 Å². The Bertz CT molecular complexity index is 413. The van der Waals surface area contributed by atoms with Crippen molar-refractivity contribution in [2.75, 3.05) is 0 Å². The van der Waals surface area contributed by atoms with Gasteiger partial charge in [-0.3, -0.25) is 0 Å². The molecule has 0 amide bonds. The molecule has 0 radical (unpaired) electrons. The summed E-state index contributed by atoms with van der Waals surface area (Å²) in [5, 5.41) is 10.5. The van der Waals surface area contributed by atoms with Crippen LogP contribution >= 0.6 is 0 Å². The highest BCUT2D eigenvalue weighted by atomic mass is 16.6. The van der Waals surface area contributed by atoms with Crippen LogP contribution < -0.4 is 5.11 Å². The van der Waals surface area contributed by atoms with Gasteiger partial charge in [0.2, 0.25) is 0 Å². The molecule has 72 valence electrons. The molecule has 0 saturated heterocycles. The van der Waals surface area contributed by atoms with Crippen molar-refractivity contribution in [3.8, 4) is 0 Å². The quantitative estimate of drug-likeness (QED) is 0.387. The third-order valence-corrected chi connectivity index (χ3v) is 2.20. The third-order valence-electron chi connectivity index (χ3n) is 2.20. The molecule has 1 heterocycles. The van der Waals surface area contributed by atoms with Gasteiger partial charge in [-0.1, -0.05) is 0 Å². The Balaban J connectivity index is 2.44. The summed E-state index contributed by atoms with van der Waals surface area (Å²) in [5.41, 5.74) is 0.343. The lowest BCUT2D eigenvalue weighted by molar-refractivity contribution is -0.299. The fraction of sp³-hybridized carbons (Fsp3) is 0.222. The maximum Gasteiger partial charge on any atom is 0.346 e. The molecular weight excluding hydrogens is 188 g/mol. The van der Waals surface area contributed by atoms with Crippen LogP contribution in [0.3, 0.4) is 0 Å². The molecule has 2 rings (SSSR count). The van der Waals surface area contributed by atoms with E-state index in [4.69, 9.17) is 0 Å². The molecule has 2 aliphatic rings. The number of esters is 2. The fourth-order valence-corrected chi connectivity index (χ4v) is 1.48. The summed E-state index contributed by atoms with van der Waals surface area (Å²) in [7, 11) is 0. The van der Waals surface area contributed by atoms with Crippen LogP contribution in [0.15, 0.2) is 22.8 Å². The highest BCUT2D eigenvalue weighted by Crippen LogP contribution is 2.29. The number of carbonyl (C=O) groups excluding carboxylic acids is 3. The molecule has 0 spiro atoms. The van der Waals surface area contributed by atoms with E-state index in [2.05, 4.69) is 4.74 Å². The van der Waals surface area contributed by atoms with Crippen molar-refractivity contribution in [3.05, 3.63) is 22.8 Å². The summed E-state index contributed by atoms with van der Waals surface area (Å²) in [5.74, 6) is -2.76. The lowest BCUT2D eigenvalue weighted by Crippen LogP contribution is -2.25. The first-order chi connectivity index (χ1) is 6.59. The van der Waals surface area contributed by atoms with Crippen LogP contribution in [0.2, 0.25) is 0 Å². The van der Waals surface area contributed by atoms with Gasteiger partial charge in [-0.2, -0.15) is 0 Å². The molecule has 1 aliphatic carbocycles. The first kappa shape index (κ1) is 8.68. The first-order valence-electron chi connectivity index (χ1n) is 4.01. The van der Waals surface area contributed by atoms with Gasteiger partial charge in [0.05, 0.1) is 17.1 Å². The van der Waals surface area contributed by atoms with Gasteiger partial charge < -0.3 is 14.6 Å². The van der Waals surface area contributed by atoms with Crippen molar-refractivity contribution in [2.45, 2.75) is 12.8 Å². The molecule has 0 unspecified atom stereocenters. The highest BCUT2D eigenvalue weighted by molar-refractivity contribution is 6.15. The van der Waals surface area contributed by atoms with Gasteiger partial charge in [-0.25, -0.2) is 9.59 Å². The van der Waals surface area contributed by atoms with Crippen molar-refractivity contribution in [3.63, 3.8) is 0 Å². The number of rotatable bonds is 1. The van der Waals surface area contributed by atoms with Crippen LogP contribution in [0.5, 0.6) is 0 Å². The van der Waals surface area contributed by atoms with E-state index in [1.807, 2.05) is 0 Å². The molecule has 5 heteroatoms. The number of hydrogen-bond donors (Lipinski definition) is 0. The Hall–Kier alpha value is -1.91. The summed E-state index contributed by atoms with van der Waals surface area (Å²) in [6.45, 7) is 0. The van der Waals surface area contributed by atoms with Gasteiger partial charge >= 0.3 is 11.9 Å². The van der Waals surface area contributed by atoms with E-state index in [-0.39, 0.29) is 29.6 Å². The standard InChI is InChI=1S/C9H6O5/c10-7(11)4-1-2-5-6(3-4)9(13)14-8(5)12/h3H,1-2H2,(H,10,11)/p-1. The molecular formula is C9H5O5-. The minimum atomic E-state index is -1.32. The van der Waals surface area contributed by atoms with E-state index in [0.717, 1.165) is 6.08 Å². The molecule has 0 N–H and O–H groups in total. The smallest absolute Gasteiger partial charge is 0.346 e. The van der Waals surface area contributed by atoms with Gasteiger partial charge in [0, 0.05) is 0 Å². The van der Waals surface area contributed by atoms with Crippen LogP contribution in [-0.2, 0) is 19.1 Å². The number of aliphatic carboxylic acids is 1. The number of hydrogen-bond acceptors (Lipinski definition) is 5. The molecule has 1 aliphatic heterocycles. The zero-order valence-electron chi connectivity index (χ0n) is 7.03. The zero-order chi connectivity index (χ0) is 10.3. The molecule has 0 aromatic heterocycles. The predicted molar refractivity (Wildman–Crippen MR) is 40.4 cm³/mol. The van der Waals surface area contributed by atoms with Gasteiger partial charge in [0.15, 0.2) is 0 Å². The van der Waals surface area contributed by atoms with E-state index < -0.39 is 17.9 Å². The first-order valence-corrected chi connectivity index (χ1v) is 4.01. The zero-order valence-corrected chi connectivity index (χ0v) is 7.03. The highest BCUT2D eigenvalue weighted by Gasteiger charge is 2.33. The largest absolute Gasteiger partial charge is 0.545 e. The maximum absolute atomic E-state index is 11.0.